The van der Waals surface area contributed by atoms with Crippen LogP contribution in [-0.2, 0) is 4.79 Å². The van der Waals surface area contributed by atoms with Crippen molar-refractivity contribution in [2.75, 3.05) is 57.3 Å². The van der Waals surface area contributed by atoms with E-state index in [-0.39, 0.29) is 6.03 Å². The zero-order chi connectivity index (χ0) is 15.4. The summed E-state index contributed by atoms with van der Waals surface area (Å²) in [5.41, 5.74) is 1.22. The maximum absolute atomic E-state index is 12.5. The smallest absolute Gasteiger partial charge is 0.320 e. The van der Waals surface area contributed by atoms with Crippen molar-refractivity contribution in [1.29, 1.82) is 0 Å². The van der Waals surface area contributed by atoms with E-state index in [1.165, 1.54) is 5.69 Å². The Hall–Kier alpha value is -2.24. The molecule has 2 aliphatic rings. The van der Waals surface area contributed by atoms with Crippen LogP contribution in [0.2, 0.25) is 0 Å². The highest BCUT2D eigenvalue weighted by Crippen LogP contribution is 2.16. The highest BCUT2D eigenvalue weighted by molar-refractivity contribution is 5.75. The van der Waals surface area contributed by atoms with E-state index in [2.05, 4.69) is 17.0 Å². The molecule has 0 radical (unpaired) electrons. The first-order valence-electron chi connectivity index (χ1n) is 7.81. The van der Waals surface area contributed by atoms with E-state index in [1.807, 2.05) is 28.0 Å². The van der Waals surface area contributed by atoms with Crippen molar-refractivity contribution in [3.63, 3.8) is 0 Å². The molecule has 6 heteroatoms. The fraction of sp³-hybridized carbons (Fsp3) is 0.500. The minimum absolute atomic E-state index is 0.110. The molecule has 0 aliphatic carbocycles. The Morgan fingerprint density at radius 1 is 0.818 bits per heavy atom. The van der Waals surface area contributed by atoms with Crippen molar-refractivity contribution in [3.05, 3.63) is 30.3 Å². The fourth-order valence-electron chi connectivity index (χ4n) is 3.01. The van der Waals surface area contributed by atoms with Crippen molar-refractivity contribution in [3.8, 4) is 0 Å². The van der Waals surface area contributed by atoms with E-state index in [0.717, 1.165) is 32.6 Å². The summed E-state index contributed by atoms with van der Waals surface area (Å²) in [6, 6.07) is 10.4. The number of amides is 3. The number of nitrogens with zero attached hydrogens (tertiary/aromatic N) is 4. The van der Waals surface area contributed by atoms with Crippen LogP contribution in [0, 0.1) is 0 Å². The highest BCUT2D eigenvalue weighted by atomic mass is 16.2. The molecule has 3 amide bonds. The number of hydrogen-bond acceptors (Lipinski definition) is 3. The Balaban J connectivity index is 1.51. The Kier molecular flexibility index (Phi) is 4.46. The summed E-state index contributed by atoms with van der Waals surface area (Å²) >= 11 is 0. The maximum Gasteiger partial charge on any atom is 0.320 e. The standard InChI is InChI=1S/C16H22N4O2/c21-14-17-6-8-19(9-7-17)16(22)20-12-10-18(11-13-20)15-4-2-1-3-5-15/h1-5,14H,6-13H2. The summed E-state index contributed by atoms with van der Waals surface area (Å²) in [7, 11) is 0. The molecule has 2 fully saturated rings. The van der Waals surface area contributed by atoms with Crippen LogP contribution in [0.1, 0.15) is 0 Å². The molecule has 0 unspecified atom stereocenters. The number of piperazine rings is 2. The van der Waals surface area contributed by atoms with Gasteiger partial charge in [-0.1, -0.05) is 18.2 Å². The predicted octanol–water partition coefficient (Wildman–Crippen LogP) is 0.703. The van der Waals surface area contributed by atoms with E-state index in [0.29, 0.717) is 26.2 Å². The van der Waals surface area contributed by atoms with E-state index in [9.17, 15) is 9.59 Å². The predicted molar refractivity (Wildman–Crippen MR) is 84.8 cm³/mol. The number of carbonyl (C=O) groups is 2. The fourth-order valence-corrected chi connectivity index (χ4v) is 3.01. The summed E-state index contributed by atoms with van der Waals surface area (Å²) < 4.78 is 0. The molecule has 2 heterocycles. The van der Waals surface area contributed by atoms with Crippen molar-refractivity contribution < 1.29 is 9.59 Å². The molecule has 1 aromatic carbocycles. The largest absolute Gasteiger partial charge is 0.368 e. The van der Waals surface area contributed by atoms with Gasteiger partial charge in [-0.3, -0.25) is 4.79 Å². The van der Waals surface area contributed by atoms with E-state index in [1.54, 1.807) is 4.90 Å². The van der Waals surface area contributed by atoms with Crippen molar-refractivity contribution in [2.24, 2.45) is 0 Å². The zero-order valence-electron chi connectivity index (χ0n) is 12.7. The molecular weight excluding hydrogens is 280 g/mol. The second-order valence-corrected chi connectivity index (χ2v) is 5.72. The molecule has 118 valence electrons. The van der Waals surface area contributed by atoms with Crippen LogP contribution in [0.25, 0.3) is 0 Å². The lowest BCUT2D eigenvalue weighted by molar-refractivity contribution is -0.119. The van der Waals surface area contributed by atoms with Gasteiger partial charge in [-0.25, -0.2) is 4.79 Å². The van der Waals surface area contributed by atoms with Gasteiger partial charge in [0.05, 0.1) is 0 Å². The first-order valence-corrected chi connectivity index (χ1v) is 7.81. The molecule has 0 spiro atoms. The Morgan fingerprint density at radius 2 is 1.36 bits per heavy atom. The van der Waals surface area contributed by atoms with Gasteiger partial charge in [0.2, 0.25) is 6.41 Å². The maximum atomic E-state index is 12.5. The van der Waals surface area contributed by atoms with Gasteiger partial charge in [0.25, 0.3) is 0 Å². The van der Waals surface area contributed by atoms with Crippen LogP contribution in [-0.4, -0.2) is 79.5 Å². The first kappa shape index (κ1) is 14.7. The summed E-state index contributed by atoms with van der Waals surface area (Å²) in [6.45, 7) is 5.78. The number of hydrogen-bond donors (Lipinski definition) is 0. The molecule has 2 saturated heterocycles. The molecule has 22 heavy (non-hydrogen) atoms. The summed E-state index contributed by atoms with van der Waals surface area (Å²) in [4.78, 5) is 31.1. The number of rotatable bonds is 2. The minimum atomic E-state index is 0.110. The Morgan fingerprint density at radius 3 is 1.91 bits per heavy atom. The highest BCUT2D eigenvalue weighted by Gasteiger charge is 2.27. The van der Waals surface area contributed by atoms with Crippen molar-refractivity contribution in [2.45, 2.75) is 0 Å². The van der Waals surface area contributed by atoms with Gasteiger partial charge in [-0.2, -0.15) is 0 Å². The molecule has 1 aromatic rings. The number of urea groups is 1. The lowest BCUT2D eigenvalue weighted by Crippen LogP contribution is -2.56. The van der Waals surface area contributed by atoms with Crippen LogP contribution in [0.4, 0.5) is 10.5 Å². The molecule has 0 atom stereocenters. The molecule has 2 aliphatic heterocycles. The van der Waals surface area contributed by atoms with E-state index in [4.69, 9.17) is 0 Å². The van der Waals surface area contributed by atoms with Gasteiger partial charge >= 0.3 is 6.03 Å². The molecule has 0 N–H and O–H groups in total. The molecule has 0 saturated carbocycles. The number of benzene rings is 1. The second kappa shape index (κ2) is 6.68. The van der Waals surface area contributed by atoms with Crippen LogP contribution < -0.4 is 4.90 Å². The SMILES string of the molecule is O=CN1CCN(C(=O)N2CCN(c3ccccc3)CC2)CC1. The van der Waals surface area contributed by atoms with Gasteiger partial charge < -0.3 is 19.6 Å². The van der Waals surface area contributed by atoms with Crippen molar-refractivity contribution >= 4 is 18.1 Å². The average molecular weight is 302 g/mol. The quantitative estimate of drug-likeness (QED) is 0.756. The normalized spacial score (nSPS) is 19.3. The Bertz CT molecular complexity index is 506. The third-order valence-electron chi connectivity index (χ3n) is 4.41. The van der Waals surface area contributed by atoms with Crippen molar-refractivity contribution in [1.82, 2.24) is 14.7 Å². The van der Waals surface area contributed by atoms with E-state index >= 15 is 0 Å². The summed E-state index contributed by atoms with van der Waals surface area (Å²) in [5, 5.41) is 0. The third kappa shape index (κ3) is 3.16. The third-order valence-corrected chi connectivity index (χ3v) is 4.41. The zero-order valence-corrected chi connectivity index (χ0v) is 12.7. The lowest BCUT2D eigenvalue weighted by Gasteiger charge is -2.40. The van der Waals surface area contributed by atoms with Gasteiger partial charge in [0.15, 0.2) is 0 Å². The number of carbonyl (C=O) groups excluding carboxylic acids is 2. The van der Waals surface area contributed by atoms with Gasteiger partial charge in [-0.15, -0.1) is 0 Å². The topological polar surface area (TPSA) is 47.1 Å². The molecule has 6 nitrogen and oxygen atoms in total. The van der Waals surface area contributed by atoms with Crippen LogP contribution in [0.15, 0.2) is 30.3 Å². The molecule has 3 rings (SSSR count). The van der Waals surface area contributed by atoms with Gasteiger partial charge in [0, 0.05) is 58.0 Å². The average Bonchev–Trinajstić information content (AvgIpc) is 2.62. The lowest BCUT2D eigenvalue weighted by atomic mass is 10.2. The number of anilines is 1. The first-order chi connectivity index (χ1) is 10.8. The van der Waals surface area contributed by atoms with E-state index < -0.39 is 0 Å². The molecular formula is C16H22N4O2. The Labute approximate surface area is 130 Å². The van der Waals surface area contributed by atoms with Crippen LogP contribution >= 0.6 is 0 Å². The van der Waals surface area contributed by atoms with Gasteiger partial charge in [-0.05, 0) is 12.1 Å². The monoisotopic (exact) mass is 302 g/mol. The number of para-hydroxylation sites is 1. The van der Waals surface area contributed by atoms with Crippen LogP contribution in [0.3, 0.4) is 0 Å². The van der Waals surface area contributed by atoms with Gasteiger partial charge in [0.1, 0.15) is 0 Å². The summed E-state index contributed by atoms with van der Waals surface area (Å²) in [5.74, 6) is 0. The molecule has 0 aromatic heterocycles. The minimum Gasteiger partial charge on any atom is -0.368 e. The second-order valence-electron chi connectivity index (χ2n) is 5.72. The van der Waals surface area contributed by atoms with Crippen LogP contribution in [0.5, 0.6) is 0 Å². The summed E-state index contributed by atoms with van der Waals surface area (Å²) in [6.07, 6.45) is 0.862. The molecule has 0 bridgehead atoms.